The van der Waals surface area contributed by atoms with Gasteiger partial charge in [-0.1, -0.05) is 35.8 Å². The number of hydrogen-bond acceptors (Lipinski definition) is 6. The Bertz CT molecular complexity index is 1350. The van der Waals surface area contributed by atoms with Crippen molar-refractivity contribution in [3.05, 3.63) is 75.8 Å². The van der Waals surface area contributed by atoms with Gasteiger partial charge >= 0.3 is 5.69 Å². The number of para-hydroxylation sites is 1. The minimum Gasteiger partial charge on any atom is -0.492 e. The second-order valence-corrected chi connectivity index (χ2v) is 8.59. The van der Waals surface area contributed by atoms with Crippen molar-refractivity contribution in [2.45, 2.75) is 32.5 Å². The predicted octanol–water partition coefficient (Wildman–Crippen LogP) is 3.04. The van der Waals surface area contributed by atoms with Gasteiger partial charge in [-0.15, -0.1) is 0 Å². The van der Waals surface area contributed by atoms with E-state index in [0.717, 1.165) is 43.4 Å². The summed E-state index contributed by atoms with van der Waals surface area (Å²) < 4.78 is 47.3. The number of aromatic nitrogens is 3. The van der Waals surface area contributed by atoms with Crippen LogP contribution in [-0.2, 0) is 13.1 Å². The molecule has 9 heteroatoms. The molecule has 4 rings (SSSR count). The third-order valence-electron chi connectivity index (χ3n) is 5.75. The molecule has 34 heavy (non-hydrogen) atoms. The van der Waals surface area contributed by atoms with Crippen LogP contribution in [0.2, 0.25) is 5.02 Å². The lowest BCUT2D eigenvalue weighted by atomic mass is 10.2. The van der Waals surface area contributed by atoms with Crippen LogP contribution in [0.25, 0.3) is 0 Å². The van der Waals surface area contributed by atoms with Crippen molar-refractivity contribution in [3.63, 3.8) is 0 Å². The summed E-state index contributed by atoms with van der Waals surface area (Å²) in [6.45, 7) is 6.09. The van der Waals surface area contributed by atoms with E-state index in [1.54, 1.807) is 0 Å². The molecule has 1 aliphatic rings. The Hall–Kier alpha value is -2.81. The summed E-state index contributed by atoms with van der Waals surface area (Å²) in [7, 11) is 0. The van der Waals surface area contributed by atoms with Crippen LogP contribution in [0.15, 0.2) is 59.3 Å². The first kappa shape index (κ1) is 18.5. The normalized spacial score (nSPS) is 17.5. The summed E-state index contributed by atoms with van der Waals surface area (Å²) in [5.41, 5.74) is 0.710. The van der Waals surface area contributed by atoms with E-state index in [0.29, 0.717) is 13.0 Å². The van der Waals surface area contributed by atoms with Crippen molar-refractivity contribution >= 4 is 17.3 Å². The zero-order valence-electron chi connectivity index (χ0n) is 24.1. The Morgan fingerprint density at radius 1 is 1.15 bits per heavy atom. The highest BCUT2D eigenvalue weighted by Crippen LogP contribution is 2.20. The molecule has 1 aliphatic heterocycles. The summed E-state index contributed by atoms with van der Waals surface area (Å²) in [5, 5.41) is 15.2. The standard InChI is InChI=1S/C25H32ClN5O3/c1-20(32)24-27-31(25(33)30(24)17-18-34-23-9-3-2-4-10-23)12-6-11-28-13-15-29(16-14-28)22-8-5-7-21(26)19-22/h2-5,7-10,19-20,32H,6,11-18H2,1H3/i2D,3D,4D,9D,10D. The van der Waals surface area contributed by atoms with Gasteiger partial charge in [0, 0.05) is 50.0 Å². The molecule has 1 N–H and O–H groups in total. The fourth-order valence-electron chi connectivity index (χ4n) is 4.02. The third-order valence-corrected chi connectivity index (χ3v) is 5.99. The molecule has 0 radical (unpaired) electrons. The maximum absolute atomic E-state index is 13.0. The molecule has 0 amide bonds. The summed E-state index contributed by atoms with van der Waals surface area (Å²) in [6.07, 6.45) is -0.300. The van der Waals surface area contributed by atoms with E-state index >= 15 is 0 Å². The van der Waals surface area contributed by atoms with E-state index in [2.05, 4.69) is 21.0 Å². The Balaban J connectivity index is 1.33. The molecular formula is C25H32ClN5O3. The average Bonchev–Trinajstić information content (AvgIpc) is 3.24. The van der Waals surface area contributed by atoms with E-state index in [9.17, 15) is 9.90 Å². The van der Waals surface area contributed by atoms with Crippen molar-refractivity contribution in [1.82, 2.24) is 19.2 Å². The first-order valence-electron chi connectivity index (χ1n) is 13.9. The second kappa shape index (κ2) is 11.6. The molecule has 3 aromatic rings. The number of anilines is 1. The van der Waals surface area contributed by atoms with Gasteiger partial charge in [-0.3, -0.25) is 9.47 Å². The average molecular weight is 491 g/mol. The molecule has 0 spiro atoms. The second-order valence-electron chi connectivity index (χ2n) is 8.16. The SMILES string of the molecule is [2H]c1c([2H])c([2H])c(OCCn2c(C(C)O)nn(CCCN3CCN(c4cccc(Cl)c4)CC3)c2=O)c([2H])c1[2H]. The lowest BCUT2D eigenvalue weighted by molar-refractivity contribution is 0.179. The molecule has 182 valence electrons. The van der Waals surface area contributed by atoms with Crippen molar-refractivity contribution in [2.75, 3.05) is 44.2 Å². The van der Waals surface area contributed by atoms with Gasteiger partial charge in [-0.2, -0.15) is 5.10 Å². The molecule has 0 saturated carbocycles. The number of aliphatic hydroxyl groups excluding tert-OH is 1. The van der Waals surface area contributed by atoms with E-state index in [4.69, 9.17) is 23.2 Å². The van der Waals surface area contributed by atoms with E-state index < -0.39 is 42.0 Å². The molecule has 1 saturated heterocycles. The molecule has 1 aromatic heterocycles. The van der Waals surface area contributed by atoms with Gasteiger partial charge in [0.1, 0.15) is 18.5 Å². The number of aliphatic hydroxyl groups is 1. The largest absolute Gasteiger partial charge is 0.492 e. The van der Waals surface area contributed by atoms with Crippen LogP contribution in [0.4, 0.5) is 5.69 Å². The summed E-state index contributed by atoms with van der Waals surface area (Å²) >= 11 is 6.12. The molecule has 1 atom stereocenters. The van der Waals surface area contributed by atoms with Crippen LogP contribution in [0, 0.1) is 0 Å². The van der Waals surface area contributed by atoms with Gasteiger partial charge in [0.05, 0.1) is 13.4 Å². The maximum atomic E-state index is 13.0. The molecular weight excluding hydrogens is 454 g/mol. The number of halogens is 1. The van der Waals surface area contributed by atoms with Gasteiger partial charge in [0.2, 0.25) is 0 Å². The fourth-order valence-corrected chi connectivity index (χ4v) is 4.20. The fraction of sp³-hybridized carbons (Fsp3) is 0.440. The third kappa shape index (κ3) is 6.20. The Morgan fingerprint density at radius 2 is 1.91 bits per heavy atom. The molecule has 2 aromatic carbocycles. The van der Waals surface area contributed by atoms with Crippen molar-refractivity contribution in [3.8, 4) is 5.75 Å². The van der Waals surface area contributed by atoms with Gasteiger partial charge in [0.15, 0.2) is 5.82 Å². The van der Waals surface area contributed by atoms with Crippen LogP contribution in [0.3, 0.4) is 0 Å². The summed E-state index contributed by atoms with van der Waals surface area (Å²) in [6, 6.07) is 5.44. The molecule has 8 nitrogen and oxygen atoms in total. The first-order chi connectivity index (χ1) is 18.6. The summed E-state index contributed by atoms with van der Waals surface area (Å²) in [5.74, 6) is -0.102. The zero-order chi connectivity index (χ0) is 28.3. The smallest absolute Gasteiger partial charge is 0.346 e. The number of piperazine rings is 1. The molecule has 1 unspecified atom stereocenters. The van der Waals surface area contributed by atoms with Gasteiger partial charge in [0.25, 0.3) is 0 Å². The van der Waals surface area contributed by atoms with Gasteiger partial charge in [-0.25, -0.2) is 9.48 Å². The molecule has 1 fully saturated rings. The number of nitrogens with zero attached hydrogens (tertiary/aromatic N) is 5. The number of aryl methyl sites for hydroxylation is 1. The van der Waals surface area contributed by atoms with Crippen molar-refractivity contribution < 1.29 is 16.7 Å². The Kier molecular flexibility index (Phi) is 6.29. The number of rotatable bonds is 10. The highest BCUT2D eigenvalue weighted by Gasteiger charge is 2.19. The highest BCUT2D eigenvalue weighted by atomic mass is 35.5. The van der Waals surface area contributed by atoms with E-state index in [1.165, 1.54) is 16.2 Å². The minimum atomic E-state index is -1.00. The van der Waals surface area contributed by atoms with Crippen LogP contribution in [0.5, 0.6) is 5.75 Å². The topological polar surface area (TPSA) is 75.8 Å². The number of ether oxygens (including phenoxy) is 1. The van der Waals surface area contributed by atoms with Gasteiger partial charge in [-0.05, 0) is 43.6 Å². The van der Waals surface area contributed by atoms with E-state index in [-0.39, 0.29) is 24.7 Å². The van der Waals surface area contributed by atoms with Crippen LogP contribution in [-0.4, -0.2) is 63.7 Å². The van der Waals surface area contributed by atoms with Crippen molar-refractivity contribution in [1.29, 1.82) is 0 Å². The quantitative estimate of drug-likeness (QED) is 0.471. The van der Waals surface area contributed by atoms with Crippen LogP contribution in [0.1, 0.15) is 32.1 Å². The number of benzene rings is 2. The molecule has 0 aliphatic carbocycles. The highest BCUT2D eigenvalue weighted by molar-refractivity contribution is 6.30. The lowest BCUT2D eigenvalue weighted by Crippen LogP contribution is -2.46. The van der Waals surface area contributed by atoms with Crippen LogP contribution >= 0.6 is 11.6 Å². The van der Waals surface area contributed by atoms with E-state index in [1.807, 2.05) is 18.2 Å². The zero-order valence-corrected chi connectivity index (χ0v) is 19.9. The maximum Gasteiger partial charge on any atom is 0.346 e. The van der Waals surface area contributed by atoms with Crippen molar-refractivity contribution in [2.24, 2.45) is 0 Å². The minimum absolute atomic E-state index is 0.00724. The molecule has 2 heterocycles. The lowest BCUT2D eigenvalue weighted by Gasteiger charge is -2.36. The molecule has 0 bridgehead atoms. The Labute approximate surface area is 212 Å². The first-order valence-corrected chi connectivity index (χ1v) is 11.7. The number of hydrogen-bond donors (Lipinski definition) is 1. The monoisotopic (exact) mass is 490 g/mol. The summed E-state index contributed by atoms with van der Waals surface area (Å²) in [4.78, 5) is 17.7. The predicted molar refractivity (Wildman–Crippen MR) is 134 cm³/mol. The van der Waals surface area contributed by atoms with Gasteiger partial charge < -0.3 is 14.7 Å². The van der Waals surface area contributed by atoms with Crippen LogP contribution < -0.4 is 15.3 Å². The Morgan fingerprint density at radius 3 is 2.62 bits per heavy atom.